The van der Waals surface area contributed by atoms with Gasteiger partial charge in [0.15, 0.2) is 5.79 Å². The largest absolute Gasteiger partial charge is 0.458 e. The van der Waals surface area contributed by atoms with Crippen molar-refractivity contribution in [2.45, 2.75) is 123 Å². The molecule has 2 fully saturated rings. The van der Waals surface area contributed by atoms with E-state index in [1.807, 2.05) is 13.0 Å². The third kappa shape index (κ3) is 6.41. The molecule has 0 spiro atoms. The van der Waals surface area contributed by atoms with Gasteiger partial charge in [-0.2, -0.15) is 0 Å². The number of allylic oxidation sites excluding steroid dienone is 5. The highest BCUT2D eigenvalue weighted by molar-refractivity contribution is 5.71. The van der Waals surface area contributed by atoms with E-state index in [0.717, 1.165) is 50.5 Å². The van der Waals surface area contributed by atoms with Gasteiger partial charge in [-0.15, -0.1) is 0 Å². The molecule has 2 N–H and O–H groups in total. The highest BCUT2D eigenvalue weighted by atomic mass is 16.6. The number of aliphatic hydroxyl groups excluding tert-OH is 1. The molecule has 0 aromatic rings. The average Bonchev–Trinajstić information content (AvgIpc) is 3.16. The Bertz CT molecular complexity index is 906. The van der Waals surface area contributed by atoms with Crippen LogP contribution < -0.4 is 0 Å². The van der Waals surface area contributed by atoms with Crippen molar-refractivity contribution in [1.82, 2.24) is 0 Å². The van der Waals surface area contributed by atoms with Crippen LogP contribution in [0.4, 0.5) is 0 Å². The summed E-state index contributed by atoms with van der Waals surface area (Å²) in [4.78, 5) is 12.6. The van der Waals surface area contributed by atoms with Crippen molar-refractivity contribution in [1.29, 1.82) is 0 Å². The normalized spacial score (nSPS) is 33.1. The first-order valence-electron chi connectivity index (χ1n) is 14.0. The van der Waals surface area contributed by atoms with E-state index in [0.29, 0.717) is 11.5 Å². The van der Waals surface area contributed by atoms with Crippen molar-refractivity contribution in [2.24, 2.45) is 11.3 Å². The minimum absolute atomic E-state index is 0.0152. The van der Waals surface area contributed by atoms with Gasteiger partial charge in [0, 0.05) is 12.8 Å². The molecule has 0 saturated heterocycles. The van der Waals surface area contributed by atoms with Crippen LogP contribution in [0.25, 0.3) is 0 Å². The van der Waals surface area contributed by atoms with Crippen molar-refractivity contribution in [2.75, 3.05) is 6.61 Å². The van der Waals surface area contributed by atoms with Gasteiger partial charge in [0.25, 0.3) is 0 Å². The minimum atomic E-state index is -1.64. The summed E-state index contributed by atoms with van der Waals surface area (Å²) in [7, 11) is 0. The molecule has 5 heteroatoms. The van der Waals surface area contributed by atoms with Gasteiger partial charge in [0.2, 0.25) is 0 Å². The summed E-state index contributed by atoms with van der Waals surface area (Å²) in [6.07, 6.45) is 14.9. The number of carbonyl (C=O) groups excluding carboxylic acids is 1. The zero-order chi connectivity index (χ0) is 26.6. The molecule has 0 heterocycles. The maximum absolute atomic E-state index is 12.6. The number of aliphatic hydroxyl groups is 2. The molecule has 0 radical (unpaired) electrons. The topological polar surface area (TPSA) is 76.0 Å². The standard InChI is InChI=1S/C31H48O5/c1-7-16-29(5,17-8-2)36-28(33)21-35-31(34)19-24(22(4)27(32)20-31)13-12-23-11-10-18-30(6)25(9-3)14-15-26(23)30/h12-14,26-27,32,34H,4,7-11,15-21H2,1-3,5-6H3/t26-,27-,30+,31-/m0/s1. The predicted molar refractivity (Wildman–Crippen MR) is 144 cm³/mol. The van der Waals surface area contributed by atoms with Crippen LogP contribution in [0.1, 0.15) is 105 Å². The molecule has 4 atom stereocenters. The molecule has 2 saturated carbocycles. The number of rotatable bonds is 10. The number of fused-ring (bicyclic) bond motifs is 1. The van der Waals surface area contributed by atoms with Crippen molar-refractivity contribution < 1.29 is 24.5 Å². The van der Waals surface area contributed by atoms with E-state index >= 15 is 0 Å². The first-order chi connectivity index (χ1) is 17.0. The fourth-order valence-corrected chi connectivity index (χ4v) is 6.84. The second-order valence-electron chi connectivity index (χ2n) is 11.7. The van der Waals surface area contributed by atoms with Crippen LogP contribution in [0.5, 0.6) is 0 Å². The highest BCUT2D eigenvalue weighted by Gasteiger charge is 2.44. The zero-order valence-electron chi connectivity index (χ0n) is 23.2. The Morgan fingerprint density at radius 2 is 1.94 bits per heavy atom. The summed E-state index contributed by atoms with van der Waals surface area (Å²) in [5.41, 5.74) is 4.11. The van der Waals surface area contributed by atoms with E-state index in [-0.39, 0.29) is 24.9 Å². The fraction of sp³-hybridized carbons (Fsp3) is 0.710. The molecule has 202 valence electrons. The van der Waals surface area contributed by atoms with Gasteiger partial charge >= 0.3 is 5.97 Å². The number of carbonyl (C=O) groups is 1. The monoisotopic (exact) mass is 500 g/mol. The second kappa shape index (κ2) is 11.8. The summed E-state index contributed by atoms with van der Waals surface area (Å²) < 4.78 is 11.4. The van der Waals surface area contributed by atoms with E-state index in [1.165, 1.54) is 18.4 Å². The van der Waals surface area contributed by atoms with Crippen molar-refractivity contribution in [3.8, 4) is 0 Å². The fourth-order valence-electron chi connectivity index (χ4n) is 6.84. The van der Waals surface area contributed by atoms with E-state index in [1.54, 1.807) is 5.57 Å². The van der Waals surface area contributed by atoms with Crippen LogP contribution >= 0.6 is 0 Å². The van der Waals surface area contributed by atoms with Crippen LogP contribution in [0.2, 0.25) is 0 Å². The Labute approximate surface area is 218 Å². The second-order valence-corrected chi connectivity index (χ2v) is 11.7. The molecule has 0 amide bonds. The lowest BCUT2D eigenvalue weighted by Gasteiger charge is -2.41. The average molecular weight is 501 g/mol. The smallest absolute Gasteiger partial charge is 0.332 e. The van der Waals surface area contributed by atoms with Crippen LogP contribution in [-0.4, -0.2) is 40.3 Å². The molecule has 0 unspecified atom stereocenters. The first kappa shape index (κ1) is 28.9. The van der Waals surface area contributed by atoms with Gasteiger partial charge in [-0.3, -0.25) is 0 Å². The van der Waals surface area contributed by atoms with Gasteiger partial charge in [-0.1, -0.05) is 76.5 Å². The first-order valence-corrected chi connectivity index (χ1v) is 14.0. The van der Waals surface area contributed by atoms with Crippen LogP contribution in [-0.2, 0) is 14.3 Å². The Kier molecular flexibility index (Phi) is 9.46. The molecule has 3 aliphatic carbocycles. The van der Waals surface area contributed by atoms with Gasteiger partial charge in [0.1, 0.15) is 12.2 Å². The maximum Gasteiger partial charge on any atom is 0.332 e. The van der Waals surface area contributed by atoms with E-state index in [2.05, 4.69) is 46.4 Å². The quantitative estimate of drug-likeness (QED) is 0.198. The summed E-state index contributed by atoms with van der Waals surface area (Å²) in [6.45, 7) is 14.5. The Hall–Kier alpha value is -1.69. The Balaban J connectivity index is 1.69. The molecule has 0 aromatic carbocycles. The van der Waals surface area contributed by atoms with Gasteiger partial charge in [-0.05, 0) is 74.3 Å². The molecule has 3 aliphatic rings. The molecule has 0 bridgehead atoms. The molecule has 0 aromatic heterocycles. The van der Waals surface area contributed by atoms with E-state index in [4.69, 9.17) is 9.47 Å². The number of ether oxygens (including phenoxy) is 2. The molecular formula is C31H48O5. The zero-order valence-corrected chi connectivity index (χ0v) is 23.2. The maximum atomic E-state index is 12.6. The third-order valence-corrected chi connectivity index (χ3v) is 8.76. The minimum Gasteiger partial charge on any atom is -0.458 e. The molecule has 0 aliphatic heterocycles. The van der Waals surface area contributed by atoms with E-state index < -0.39 is 23.5 Å². The Morgan fingerprint density at radius 3 is 2.58 bits per heavy atom. The predicted octanol–water partition coefficient (Wildman–Crippen LogP) is 6.70. The number of hydrogen-bond acceptors (Lipinski definition) is 5. The summed E-state index contributed by atoms with van der Waals surface area (Å²) in [5, 5.41) is 21.8. The Morgan fingerprint density at radius 1 is 1.25 bits per heavy atom. The van der Waals surface area contributed by atoms with Crippen LogP contribution in [0.15, 0.2) is 47.1 Å². The highest BCUT2D eigenvalue weighted by Crippen LogP contribution is 2.55. The van der Waals surface area contributed by atoms with Crippen LogP contribution in [0.3, 0.4) is 0 Å². The van der Waals surface area contributed by atoms with Crippen molar-refractivity contribution >= 4 is 5.97 Å². The molecular weight excluding hydrogens is 452 g/mol. The van der Waals surface area contributed by atoms with E-state index in [9.17, 15) is 15.0 Å². The number of esters is 1. The summed E-state index contributed by atoms with van der Waals surface area (Å²) in [6, 6.07) is 0. The summed E-state index contributed by atoms with van der Waals surface area (Å²) >= 11 is 0. The van der Waals surface area contributed by atoms with Crippen LogP contribution in [0, 0.1) is 11.3 Å². The lowest BCUT2D eigenvalue weighted by Crippen LogP contribution is -2.44. The molecule has 36 heavy (non-hydrogen) atoms. The number of hydrogen-bond donors (Lipinski definition) is 2. The summed E-state index contributed by atoms with van der Waals surface area (Å²) in [5.74, 6) is -1.60. The third-order valence-electron chi connectivity index (χ3n) is 8.76. The van der Waals surface area contributed by atoms with Gasteiger partial charge in [0.05, 0.1) is 6.10 Å². The molecule has 3 rings (SSSR count). The molecule has 5 nitrogen and oxygen atoms in total. The van der Waals surface area contributed by atoms with Gasteiger partial charge < -0.3 is 19.7 Å². The van der Waals surface area contributed by atoms with Gasteiger partial charge in [-0.25, -0.2) is 4.79 Å². The lowest BCUT2D eigenvalue weighted by molar-refractivity contribution is -0.229. The van der Waals surface area contributed by atoms with Crippen molar-refractivity contribution in [3.05, 3.63) is 47.1 Å². The van der Waals surface area contributed by atoms with Crippen molar-refractivity contribution in [3.63, 3.8) is 0 Å². The SMILES string of the molecule is C=C1C(=CC=C2CCC[C@]3(C)C(CC)=CC[C@@H]23)C[C@](O)(OCC(=O)OC(C)(CCC)CCC)C[C@@H]1O. The lowest BCUT2D eigenvalue weighted by atomic mass is 9.64.